The van der Waals surface area contributed by atoms with Crippen molar-refractivity contribution in [2.24, 2.45) is 5.92 Å². The maximum absolute atomic E-state index is 13.2. The van der Waals surface area contributed by atoms with Crippen LogP contribution >= 0.6 is 0 Å². The molecular formula is C24H33N3O5. The fourth-order valence-electron chi connectivity index (χ4n) is 5.02. The number of nitrogens with zero attached hydrogens (tertiary/aromatic N) is 2. The molecule has 0 spiro atoms. The average molecular weight is 444 g/mol. The molecule has 174 valence electrons. The molecule has 2 saturated heterocycles. The molecule has 2 unspecified atom stereocenters. The van der Waals surface area contributed by atoms with Crippen molar-refractivity contribution in [1.82, 2.24) is 15.1 Å². The van der Waals surface area contributed by atoms with Gasteiger partial charge in [0.15, 0.2) is 11.5 Å². The smallest absolute Gasteiger partial charge is 0.325 e. The predicted octanol–water partition coefficient (Wildman–Crippen LogP) is 2.74. The number of imide groups is 1. The third kappa shape index (κ3) is 4.27. The summed E-state index contributed by atoms with van der Waals surface area (Å²) in [5.41, 5.74) is 0.265. The first-order valence-corrected chi connectivity index (χ1v) is 11.5. The Morgan fingerprint density at radius 2 is 1.88 bits per heavy atom. The Hall–Kier alpha value is -2.77. The van der Waals surface area contributed by atoms with Gasteiger partial charge in [-0.2, -0.15) is 0 Å². The molecule has 3 fully saturated rings. The lowest BCUT2D eigenvalue weighted by atomic mass is 9.95. The molecule has 1 aliphatic carbocycles. The molecule has 3 aliphatic rings. The first kappa shape index (κ1) is 22.4. The van der Waals surface area contributed by atoms with E-state index in [1.165, 1.54) is 0 Å². The lowest BCUT2D eigenvalue weighted by molar-refractivity contribution is -0.141. The van der Waals surface area contributed by atoms with Gasteiger partial charge in [-0.05, 0) is 75.5 Å². The molecule has 2 atom stereocenters. The number of piperidine rings is 1. The van der Waals surface area contributed by atoms with E-state index in [2.05, 4.69) is 5.32 Å². The summed E-state index contributed by atoms with van der Waals surface area (Å²) in [5, 5.41) is 2.82. The maximum atomic E-state index is 13.2. The highest BCUT2D eigenvalue weighted by Crippen LogP contribution is 2.42. The Balaban J connectivity index is 1.39. The SMILES string of the molecule is COc1ccc(CCC2CCCCN2C(=O)CN2C(=O)NC(C)(C3CC3)C2=O)cc1OC. The maximum Gasteiger partial charge on any atom is 0.325 e. The molecule has 1 N–H and O–H groups in total. The number of hydrogen-bond donors (Lipinski definition) is 1. The topological polar surface area (TPSA) is 88.2 Å². The summed E-state index contributed by atoms with van der Waals surface area (Å²) >= 11 is 0. The molecule has 8 heteroatoms. The van der Waals surface area contributed by atoms with E-state index in [1.54, 1.807) is 21.1 Å². The van der Waals surface area contributed by atoms with Crippen LogP contribution in [-0.4, -0.2) is 66.5 Å². The van der Waals surface area contributed by atoms with Crippen molar-refractivity contribution in [2.75, 3.05) is 27.3 Å². The van der Waals surface area contributed by atoms with Crippen LogP contribution < -0.4 is 14.8 Å². The molecular weight excluding hydrogens is 410 g/mol. The third-order valence-electron chi connectivity index (χ3n) is 7.15. The van der Waals surface area contributed by atoms with E-state index < -0.39 is 11.6 Å². The van der Waals surface area contributed by atoms with E-state index in [4.69, 9.17) is 9.47 Å². The second-order valence-corrected chi connectivity index (χ2v) is 9.26. The zero-order chi connectivity index (χ0) is 22.9. The van der Waals surface area contributed by atoms with E-state index in [1.807, 2.05) is 23.1 Å². The highest BCUT2D eigenvalue weighted by Gasteiger charge is 2.56. The van der Waals surface area contributed by atoms with Gasteiger partial charge < -0.3 is 19.7 Å². The Kier molecular flexibility index (Phi) is 6.31. The van der Waals surface area contributed by atoms with Crippen molar-refractivity contribution in [2.45, 2.75) is 63.5 Å². The molecule has 8 nitrogen and oxygen atoms in total. The first-order chi connectivity index (χ1) is 15.4. The fourth-order valence-corrected chi connectivity index (χ4v) is 5.02. The van der Waals surface area contributed by atoms with Gasteiger partial charge >= 0.3 is 6.03 Å². The number of hydrogen-bond acceptors (Lipinski definition) is 5. The van der Waals surface area contributed by atoms with Crippen LogP contribution in [0.25, 0.3) is 0 Å². The number of ether oxygens (including phenoxy) is 2. The molecule has 4 amide bonds. The standard InChI is InChI=1S/C24H33N3O5/c1-24(17-9-10-17)22(29)27(23(30)25-24)15-21(28)26-13-5-4-6-18(26)11-7-16-8-12-19(31-2)20(14-16)32-3/h8,12,14,17-18H,4-7,9-11,13,15H2,1-3H3,(H,25,30). The van der Waals surface area contributed by atoms with Crippen molar-refractivity contribution in [3.8, 4) is 11.5 Å². The molecule has 1 aromatic rings. The third-order valence-corrected chi connectivity index (χ3v) is 7.15. The molecule has 0 aromatic heterocycles. The molecule has 1 saturated carbocycles. The Morgan fingerprint density at radius 3 is 2.56 bits per heavy atom. The molecule has 1 aromatic carbocycles. The summed E-state index contributed by atoms with van der Waals surface area (Å²) in [5.74, 6) is 1.15. The number of benzene rings is 1. The zero-order valence-corrected chi connectivity index (χ0v) is 19.2. The van der Waals surface area contributed by atoms with E-state index in [0.29, 0.717) is 18.0 Å². The number of nitrogens with one attached hydrogen (secondary N) is 1. The monoisotopic (exact) mass is 443 g/mol. The number of carbonyl (C=O) groups excluding carboxylic acids is 3. The number of carbonyl (C=O) groups is 3. The summed E-state index contributed by atoms with van der Waals surface area (Å²) in [6.45, 7) is 2.26. The second kappa shape index (κ2) is 9.00. The van der Waals surface area contributed by atoms with Crippen LogP contribution in [0.15, 0.2) is 18.2 Å². The van der Waals surface area contributed by atoms with Crippen LogP contribution in [-0.2, 0) is 16.0 Å². The zero-order valence-electron chi connectivity index (χ0n) is 19.2. The van der Waals surface area contributed by atoms with Gasteiger partial charge in [0.2, 0.25) is 5.91 Å². The first-order valence-electron chi connectivity index (χ1n) is 11.5. The number of methoxy groups -OCH3 is 2. The van der Waals surface area contributed by atoms with E-state index >= 15 is 0 Å². The average Bonchev–Trinajstić information content (AvgIpc) is 3.63. The molecule has 2 heterocycles. The Labute approximate surface area is 189 Å². The van der Waals surface area contributed by atoms with Crippen LogP contribution in [0.4, 0.5) is 4.79 Å². The van der Waals surface area contributed by atoms with Gasteiger partial charge in [-0.25, -0.2) is 4.79 Å². The van der Waals surface area contributed by atoms with Crippen molar-refractivity contribution < 1.29 is 23.9 Å². The number of likely N-dealkylation sites (tertiary alicyclic amines) is 1. The molecule has 0 radical (unpaired) electrons. The van der Waals surface area contributed by atoms with Gasteiger partial charge in [-0.3, -0.25) is 14.5 Å². The summed E-state index contributed by atoms with van der Waals surface area (Å²) in [6, 6.07) is 5.53. The van der Waals surface area contributed by atoms with Gasteiger partial charge in [0.05, 0.1) is 14.2 Å². The largest absolute Gasteiger partial charge is 0.493 e. The number of aryl methyl sites for hydroxylation is 1. The Bertz CT molecular complexity index is 900. The predicted molar refractivity (Wildman–Crippen MR) is 119 cm³/mol. The van der Waals surface area contributed by atoms with Crippen LogP contribution in [0.3, 0.4) is 0 Å². The molecule has 0 bridgehead atoms. The Morgan fingerprint density at radius 1 is 1.12 bits per heavy atom. The van der Waals surface area contributed by atoms with Gasteiger partial charge in [-0.15, -0.1) is 0 Å². The van der Waals surface area contributed by atoms with Gasteiger partial charge in [0, 0.05) is 12.6 Å². The lowest BCUT2D eigenvalue weighted by Crippen LogP contribution is -2.50. The highest BCUT2D eigenvalue weighted by atomic mass is 16.5. The number of amides is 4. The van der Waals surface area contributed by atoms with E-state index in [0.717, 1.165) is 55.4 Å². The quantitative estimate of drug-likeness (QED) is 0.624. The number of rotatable bonds is 8. The molecule has 32 heavy (non-hydrogen) atoms. The summed E-state index contributed by atoms with van der Waals surface area (Å²) < 4.78 is 10.7. The van der Waals surface area contributed by atoms with E-state index in [9.17, 15) is 14.4 Å². The van der Waals surface area contributed by atoms with Crippen molar-refractivity contribution >= 4 is 17.8 Å². The highest BCUT2D eigenvalue weighted by molar-refractivity contribution is 6.09. The van der Waals surface area contributed by atoms with Crippen LogP contribution in [0.1, 0.15) is 51.0 Å². The molecule has 2 aliphatic heterocycles. The molecule has 4 rings (SSSR count). The van der Waals surface area contributed by atoms with Crippen LogP contribution in [0, 0.1) is 5.92 Å². The van der Waals surface area contributed by atoms with Crippen molar-refractivity contribution in [3.63, 3.8) is 0 Å². The van der Waals surface area contributed by atoms with Gasteiger partial charge in [0.25, 0.3) is 5.91 Å². The summed E-state index contributed by atoms with van der Waals surface area (Å²) in [6.07, 6.45) is 6.45. The fraction of sp³-hybridized carbons (Fsp3) is 0.625. The normalized spacial score (nSPS) is 25.7. The minimum absolute atomic E-state index is 0.0972. The summed E-state index contributed by atoms with van der Waals surface area (Å²) in [7, 11) is 3.23. The number of urea groups is 1. The van der Waals surface area contributed by atoms with Crippen molar-refractivity contribution in [3.05, 3.63) is 23.8 Å². The minimum Gasteiger partial charge on any atom is -0.493 e. The van der Waals surface area contributed by atoms with E-state index in [-0.39, 0.29) is 30.3 Å². The minimum atomic E-state index is -0.855. The van der Waals surface area contributed by atoms with Gasteiger partial charge in [0.1, 0.15) is 12.1 Å². The van der Waals surface area contributed by atoms with Crippen LogP contribution in [0.2, 0.25) is 0 Å². The summed E-state index contributed by atoms with van der Waals surface area (Å²) in [4.78, 5) is 41.5. The van der Waals surface area contributed by atoms with Crippen molar-refractivity contribution in [1.29, 1.82) is 0 Å². The van der Waals surface area contributed by atoms with Gasteiger partial charge in [-0.1, -0.05) is 6.07 Å². The van der Waals surface area contributed by atoms with Crippen LogP contribution in [0.5, 0.6) is 11.5 Å². The lowest BCUT2D eigenvalue weighted by Gasteiger charge is -2.36. The second-order valence-electron chi connectivity index (χ2n) is 9.26.